The lowest BCUT2D eigenvalue weighted by Crippen LogP contribution is -2.45. The summed E-state index contributed by atoms with van der Waals surface area (Å²) in [6.07, 6.45) is 1.67. The van der Waals surface area contributed by atoms with Gasteiger partial charge in [-0.3, -0.25) is 9.59 Å². The van der Waals surface area contributed by atoms with Crippen LogP contribution in [0.3, 0.4) is 0 Å². The van der Waals surface area contributed by atoms with E-state index in [1.54, 1.807) is 22.8 Å². The molecule has 2 rings (SSSR count). The minimum atomic E-state index is -0.144. The van der Waals surface area contributed by atoms with E-state index in [4.69, 9.17) is 4.74 Å². The summed E-state index contributed by atoms with van der Waals surface area (Å²) >= 11 is 0. The summed E-state index contributed by atoms with van der Waals surface area (Å²) in [6, 6.07) is 5.61. The van der Waals surface area contributed by atoms with E-state index in [-0.39, 0.29) is 17.7 Å². The highest BCUT2D eigenvalue weighted by molar-refractivity contribution is 8.76. The van der Waals surface area contributed by atoms with Crippen LogP contribution in [0.4, 0.5) is 0 Å². The topological polar surface area (TPSA) is 61.9 Å². The lowest BCUT2D eigenvalue weighted by molar-refractivity contribution is -0.126. The number of carbonyl (C=O) groups is 2. The molecule has 1 aliphatic heterocycles. The third-order valence-electron chi connectivity index (χ3n) is 4.85. The van der Waals surface area contributed by atoms with Crippen molar-refractivity contribution in [3.8, 4) is 5.75 Å². The molecule has 0 saturated carbocycles. The maximum Gasteiger partial charge on any atom is 0.257 e. The van der Waals surface area contributed by atoms with Gasteiger partial charge in [0.1, 0.15) is 5.75 Å². The summed E-state index contributed by atoms with van der Waals surface area (Å²) in [5, 5.41) is 3.04. The fourth-order valence-electron chi connectivity index (χ4n) is 3.23. The van der Waals surface area contributed by atoms with Crippen LogP contribution >= 0.6 is 21.6 Å². The van der Waals surface area contributed by atoms with E-state index in [0.29, 0.717) is 30.9 Å². The van der Waals surface area contributed by atoms with E-state index in [0.717, 1.165) is 36.5 Å². The Morgan fingerprint density at radius 2 is 2.03 bits per heavy atom. The number of amides is 2. The van der Waals surface area contributed by atoms with Crippen molar-refractivity contribution >= 4 is 33.4 Å². The molecule has 1 atom stereocenters. The van der Waals surface area contributed by atoms with Gasteiger partial charge in [0.25, 0.3) is 5.91 Å². The molecule has 1 fully saturated rings. The van der Waals surface area contributed by atoms with Gasteiger partial charge in [-0.1, -0.05) is 33.2 Å². The minimum absolute atomic E-state index is 0.0533. The molecule has 0 radical (unpaired) electrons. The predicted molar refractivity (Wildman–Crippen MR) is 123 cm³/mol. The first-order valence-corrected chi connectivity index (χ1v) is 12.5. The number of hydrogen-bond acceptors (Lipinski definition) is 6. The molecule has 0 aromatic heterocycles. The zero-order chi connectivity index (χ0) is 21.2. The molecule has 1 aromatic carbocycles. The molecule has 1 aliphatic rings. The normalized spacial score (nSPS) is 16.7. The number of carbonyl (C=O) groups excluding carboxylic acids is 2. The number of aryl methyl sites for hydroxylation is 1. The Morgan fingerprint density at radius 1 is 1.28 bits per heavy atom. The first kappa shape index (κ1) is 23.9. The first-order chi connectivity index (χ1) is 13.9. The van der Waals surface area contributed by atoms with Gasteiger partial charge in [0, 0.05) is 37.7 Å². The number of benzene rings is 1. The molecule has 0 spiro atoms. The Hall–Kier alpha value is -1.38. The zero-order valence-electron chi connectivity index (χ0n) is 17.9. The van der Waals surface area contributed by atoms with Crippen molar-refractivity contribution < 1.29 is 14.3 Å². The van der Waals surface area contributed by atoms with Crippen molar-refractivity contribution in [2.24, 2.45) is 5.92 Å². The van der Waals surface area contributed by atoms with Crippen LogP contribution in [0.25, 0.3) is 0 Å². The van der Waals surface area contributed by atoms with E-state index < -0.39 is 0 Å². The largest absolute Gasteiger partial charge is 0.496 e. The number of piperidine rings is 1. The summed E-state index contributed by atoms with van der Waals surface area (Å²) in [5.74, 6) is 2.40. The highest BCUT2D eigenvalue weighted by Crippen LogP contribution is 2.25. The van der Waals surface area contributed by atoms with Crippen LogP contribution in [-0.2, 0) is 4.79 Å². The Bertz CT molecular complexity index is 685. The first-order valence-electron chi connectivity index (χ1n) is 10.0. The number of nitrogens with zero attached hydrogens (tertiary/aromatic N) is 2. The van der Waals surface area contributed by atoms with Gasteiger partial charge in [0.15, 0.2) is 0 Å². The standard InChI is InChI=1S/C21H33N3O3S2/c1-16-7-8-19(27-4)18(14-16)21(26)24-10-5-6-17(15-24)20(25)22-9-12-28-29-13-11-23(2)3/h7-8,14,17H,5-6,9-13,15H2,1-4H3,(H,22,25). The summed E-state index contributed by atoms with van der Waals surface area (Å²) in [4.78, 5) is 29.5. The molecular weight excluding hydrogens is 406 g/mol. The number of nitrogens with one attached hydrogen (secondary N) is 1. The molecule has 2 amide bonds. The van der Waals surface area contributed by atoms with Gasteiger partial charge in [0.2, 0.25) is 5.91 Å². The van der Waals surface area contributed by atoms with E-state index >= 15 is 0 Å². The van der Waals surface area contributed by atoms with Crippen LogP contribution < -0.4 is 10.1 Å². The van der Waals surface area contributed by atoms with Crippen LogP contribution in [0.15, 0.2) is 18.2 Å². The third kappa shape index (κ3) is 7.75. The molecule has 8 heteroatoms. The van der Waals surface area contributed by atoms with Gasteiger partial charge < -0.3 is 19.9 Å². The zero-order valence-corrected chi connectivity index (χ0v) is 19.5. The van der Waals surface area contributed by atoms with Gasteiger partial charge in [-0.25, -0.2) is 0 Å². The maximum atomic E-state index is 13.0. The highest BCUT2D eigenvalue weighted by atomic mass is 33.1. The van der Waals surface area contributed by atoms with Gasteiger partial charge in [-0.15, -0.1) is 0 Å². The average Bonchev–Trinajstić information content (AvgIpc) is 2.72. The Labute approximate surface area is 182 Å². The Morgan fingerprint density at radius 3 is 2.76 bits per heavy atom. The van der Waals surface area contributed by atoms with Crippen LogP contribution in [0.5, 0.6) is 5.75 Å². The second-order valence-electron chi connectivity index (χ2n) is 7.53. The van der Waals surface area contributed by atoms with Gasteiger partial charge in [-0.2, -0.15) is 0 Å². The van der Waals surface area contributed by atoms with Crippen LogP contribution in [0.2, 0.25) is 0 Å². The summed E-state index contributed by atoms with van der Waals surface area (Å²) < 4.78 is 5.36. The van der Waals surface area contributed by atoms with Gasteiger partial charge in [-0.05, 0) is 46.0 Å². The van der Waals surface area contributed by atoms with E-state index in [1.165, 1.54) is 0 Å². The quantitative estimate of drug-likeness (QED) is 0.447. The smallest absolute Gasteiger partial charge is 0.257 e. The van der Waals surface area contributed by atoms with E-state index in [2.05, 4.69) is 24.3 Å². The number of likely N-dealkylation sites (tertiary alicyclic amines) is 1. The van der Waals surface area contributed by atoms with E-state index in [1.807, 2.05) is 35.9 Å². The highest BCUT2D eigenvalue weighted by Gasteiger charge is 2.29. The number of methoxy groups -OCH3 is 1. The van der Waals surface area contributed by atoms with Crippen molar-refractivity contribution in [1.29, 1.82) is 0 Å². The fourth-order valence-corrected chi connectivity index (χ4v) is 5.27. The molecule has 29 heavy (non-hydrogen) atoms. The number of ether oxygens (including phenoxy) is 1. The molecular formula is C21H33N3O3S2. The summed E-state index contributed by atoms with van der Waals surface area (Å²) in [5.41, 5.74) is 1.58. The molecule has 1 N–H and O–H groups in total. The van der Waals surface area contributed by atoms with Crippen molar-refractivity contribution in [3.63, 3.8) is 0 Å². The molecule has 162 valence electrons. The molecule has 6 nitrogen and oxygen atoms in total. The molecule has 1 unspecified atom stereocenters. The second-order valence-corrected chi connectivity index (χ2v) is 10.2. The molecule has 0 aliphatic carbocycles. The number of rotatable bonds is 10. The van der Waals surface area contributed by atoms with Crippen molar-refractivity contribution in [2.45, 2.75) is 19.8 Å². The van der Waals surface area contributed by atoms with Crippen molar-refractivity contribution in [3.05, 3.63) is 29.3 Å². The SMILES string of the molecule is COc1ccc(C)cc1C(=O)N1CCCC(C(=O)NCCSSCCN(C)C)C1. The molecule has 1 saturated heterocycles. The van der Waals surface area contributed by atoms with E-state index in [9.17, 15) is 9.59 Å². The second kappa shape index (κ2) is 12.3. The maximum absolute atomic E-state index is 13.0. The lowest BCUT2D eigenvalue weighted by Gasteiger charge is -2.32. The molecule has 1 aromatic rings. The predicted octanol–water partition coefficient (Wildman–Crippen LogP) is 2.92. The van der Waals surface area contributed by atoms with Crippen molar-refractivity contribution in [2.75, 3.05) is 58.9 Å². The minimum Gasteiger partial charge on any atom is -0.496 e. The summed E-state index contributed by atoms with van der Waals surface area (Å²) in [6.45, 7) is 4.82. The fraction of sp³-hybridized carbons (Fsp3) is 0.619. The van der Waals surface area contributed by atoms with Crippen LogP contribution in [0, 0.1) is 12.8 Å². The van der Waals surface area contributed by atoms with Crippen molar-refractivity contribution in [1.82, 2.24) is 15.1 Å². The molecule has 0 bridgehead atoms. The Balaban J connectivity index is 1.80. The monoisotopic (exact) mass is 439 g/mol. The molecule has 1 heterocycles. The third-order valence-corrected chi connectivity index (χ3v) is 7.24. The number of hydrogen-bond donors (Lipinski definition) is 1. The average molecular weight is 440 g/mol. The van der Waals surface area contributed by atoms with Gasteiger partial charge in [0.05, 0.1) is 18.6 Å². The summed E-state index contributed by atoms with van der Waals surface area (Å²) in [7, 11) is 9.33. The Kier molecular flexibility index (Phi) is 10.2. The van der Waals surface area contributed by atoms with Crippen LogP contribution in [-0.4, -0.2) is 80.5 Å². The lowest BCUT2D eigenvalue weighted by atomic mass is 9.96. The van der Waals surface area contributed by atoms with Crippen LogP contribution in [0.1, 0.15) is 28.8 Å². The van der Waals surface area contributed by atoms with Gasteiger partial charge >= 0.3 is 0 Å².